The summed E-state index contributed by atoms with van der Waals surface area (Å²) in [5, 5.41) is 10.2. The summed E-state index contributed by atoms with van der Waals surface area (Å²) in [7, 11) is 0. The minimum absolute atomic E-state index is 0.222. The van der Waals surface area contributed by atoms with Gasteiger partial charge in [0, 0.05) is 6.42 Å². The molecular weight excluding hydrogens is 212 g/mol. The fourth-order valence-corrected chi connectivity index (χ4v) is 0.776. The summed E-state index contributed by atoms with van der Waals surface area (Å²) in [6, 6.07) is 0. The number of hydrogen-bond acceptors (Lipinski definition) is 0. The molecule has 1 nitrogen and oxygen atoms in total. The predicted molar refractivity (Wildman–Crippen MR) is 29.7 cm³/mol. The normalized spacial score (nSPS) is 39.5. The van der Waals surface area contributed by atoms with Gasteiger partial charge in [-0.3, -0.25) is 0 Å². The molecule has 1 unspecified atom stereocenters. The van der Waals surface area contributed by atoms with E-state index in [0.717, 1.165) is 0 Å². The van der Waals surface area contributed by atoms with Crippen LogP contribution in [0.2, 0.25) is 0 Å². The summed E-state index contributed by atoms with van der Waals surface area (Å²) in [6.07, 6.45) is 0.296. The van der Waals surface area contributed by atoms with Gasteiger partial charge in [0.05, 0.1) is 0 Å². The molecule has 35 valence electrons. The Labute approximate surface area is 53.0 Å². The highest BCUT2D eigenvalue weighted by Gasteiger charge is 2.51. The number of hydrogen-bond donors (Lipinski definition) is 0. The monoisotopic (exact) mass is 213 g/mol. The van der Waals surface area contributed by atoms with E-state index in [1.54, 1.807) is 0 Å². The number of rotatable bonds is 0. The van der Waals surface area contributed by atoms with E-state index >= 15 is 0 Å². The smallest absolute Gasteiger partial charge is 0.120 e. The molecule has 1 fully saturated rings. The van der Waals surface area contributed by atoms with Gasteiger partial charge in [-0.15, -0.1) is 0 Å². The van der Waals surface area contributed by atoms with Crippen molar-refractivity contribution in [2.75, 3.05) is 0 Å². The quantitative estimate of drug-likeness (QED) is 0.547. The summed E-state index contributed by atoms with van der Waals surface area (Å²) >= 11 is 6.31. The zero-order chi connectivity index (χ0) is 4.78. The molecule has 1 aliphatic rings. The summed E-state index contributed by atoms with van der Waals surface area (Å²) in [6.45, 7) is 0. The maximum atomic E-state index is 10.2. The molecule has 0 saturated heterocycles. The lowest BCUT2D eigenvalue weighted by atomic mass is 10.9. The van der Waals surface area contributed by atoms with Crippen LogP contribution in [0.5, 0.6) is 0 Å². The van der Waals surface area contributed by atoms with Gasteiger partial charge < -0.3 is 0 Å². The topological polar surface area (TPSA) is 19.9 Å². The van der Waals surface area contributed by atoms with Crippen molar-refractivity contribution in [3.63, 3.8) is 0 Å². The molecule has 0 heterocycles. The number of halogens is 2. The Bertz CT molecular complexity index is 71.2. The molecule has 1 rings (SSSR count). The van der Waals surface area contributed by atoms with Gasteiger partial charge in [0.2, 0.25) is 0 Å². The lowest BCUT2D eigenvalue weighted by Gasteiger charge is -1.83. The fourth-order valence-electron chi connectivity index (χ4n) is 0.188. The molecule has 0 N–H and O–H groups in total. The highest BCUT2D eigenvalue weighted by atomic mass is 79.9. The second-order valence-corrected chi connectivity index (χ2v) is 5.35. The van der Waals surface area contributed by atoms with Crippen LogP contribution in [-0.4, -0.2) is 9.34 Å². The van der Waals surface area contributed by atoms with Crippen molar-refractivity contribution in [3.8, 4) is 0 Å². The van der Waals surface area contributed by atoms with Gasteiger partial charge >= 0.3 is 0 Å². The standard InChI is InChI=1S/C3H3Br2O/c4-3(5)1-2(3)6/h2H,1H2. The van der Waals surface area contributed by atoms with Crippen molar-refractivity contribution in [2.45, 2.75) is 15.8 Å². The number of alkyl halides is 2. The zero-order valence-electron chi connectivity index (χ0n) is 2.95. The molecule has 1 aliphatic carbocycles. The average molecular weight is 215 g/mol. The first-order chi connectivity index (χ1) is 2.63. The van der Waals surface area contributed by atoms with Crippen molar-refractivity contribution in [3.05, 3.63) is 0 Å². The van der Waals surface area contributed by atoms with Gasteiger partial charge in [-0.2, -0.15) is 0 Å². The molecule has 0 spiro atoms. The third-order valence-electron chi connectivity index (χ3n) is 0.768. The molecule has 0 aromatic heterocycles. The Morgan fingerprint density at radius 2 is 1.83 bits per heavy atom. The SMILES string of the molecule is [O]C1CC1(Br)Br. The van der Waals surface area contributed by atoms with E-state index in [2.05, 4.69) is 31.9 Å². The minimum Gasteiger partial charge on any atom is -0.231 e. The van der Waals surface area contributed by atoms with Crippen molar-refractivity contribution in [2.24, 2.45) is 0 Å². The van der Waals surface area contributed by atoms with Crippen molar-refractivity contribution in [1.82, 2.24) is 0 Å². The highest BCUT2D eigenvalue weighted by molar-refractivity contribution is 9.25. The Balaban J connectivity index is 2.41. The molecule has 1 atom stereocenters. The van der Waals surface area contributed by atoms with Crippen LogP contribution in [0.1, 0.15) is 6.42 Å². The van der Waals surface area contributed by atoms with Crippen LogP contribution < -0.4 is 0 Å². The molecule has 3 heteroatoms. The fraction of sp³-hybridized carbons (Fsp3) is 1.00. The third kappa shape index (κ3) is 0.768. The van der Waals surface area contributed by atoms with Gasteiger partial charge in [0.15, 0.2) is 0 Å². The summed E-state index contributed by atoms with van der Waals surface area (Å²) in [5.41, 5.74) is 0. The highest BCUT2D eigenvalue weighted by Crippen LogP contribution is 2.50. The first kappa shape index (κ1) is 5.06. The van der Waals surface area contributed by atoms with E-state index in [4.69, 9.17) is 0 Å². The van der Waals surface area contributed by atoms with Crippen LogP contribution in [0.25, 0.3) is 0 Å². The summed E-state index contributed by atoms with van der Waals surface area (Å²) in [4.78, 5) is 0. The van der Waals surface area contributed by atoms with Gasteiger partial charge in [0.1, 0.15) is 9.34 Å². The van der Waals surface area contributed by atoms with Gasteiger partial charge in [0.25, 0.3) is 0 Å². The molecule has 0 aromatic rings. The van der Waals surface area contributed by atoms with Gasteiger partial charge in [-0.05, 0) is 0 Å². The van der Waals surface area contributed by atoms with E-state index in [-0.39, 0.29) is 3.23 Å². The van der Waals surface area contributed by atoms with Crippen LogP contribution in [0.4, 0.5) is 0 Å². The van der Waals surface area contributed by atoms with Crippen molar-refractivity contribution >= 4 is 31.9 Å². The summed E-state index contributed by atoms with van der Waals surface area (Å²) in [5.74, 6) is 0. The predicted octanol–water partition coefficient (Wildman–Crippen LogP) is 1.68. The second kappa shape index (κ2) is 1.20. The van der Waals surface area contributed by atoms with Gasteiger partial charge in [-0.25, -0.2) is 5.11 Å². The maximum Gasteiger partial charge on any atom is 0.120 e. The van der Waals surface area contributed by atoms with Crippen LogP contribution in [0, 0.1) is 0 Å². The Morgan fingerprint density at radius 3 is 1.83 bits per heavy atom. The van der Waals surface area contributed by atoms with E-state index in [1.165, 1.54) is 0 Å². The minimum atomic E-state index is -0.419. The molecule has 0 aromatic carbocycles. The molecule has 6 heavy (non-hydrogen) atoms. The van der Waals surface area contributed by atoms with Crippen LogP contribution in [-0.2, 0) is 5.11 Å². The second-order valence-electron chi connectivity index (χ2n) is 1.45. The first-order valence-corrected chi connectivity index (χ1v) is 3.25. The van der Waals surface area contributed by atoms with Crippen molar-refractivity contribution < 1.29 is 5.11 Å². The van der Waals surface area contributed by atoms with E-state index in [9.17, 15) is 5.11 Å². The molecule has 0 aliphatic heterocycles. The average Bonchev–Trinajstić information content (AvgIpc) is 1.73. The van der Waals surface area contributed by atoms with E-state index in [1.807, 2.05) is 0 Å². The molecule has 0 bridgehead atoms. The molecule has 1 saturated carbocycles. The lowest BCUT2D eigenvalue weighted by molar-refractivity contribution is 0.175. The molecule has 1 radical (unpaired) electrons. The molecular formula is C3H3Br2O. The van der Waals surface area contributed by atoms with E-state index < -0.39 is 6.10 Å². The van der Waals surface area contributed by atoms with Crippen molar-refractivity contribution in [1.29, 1.82) is 0 Å². The Kier molecular flexibility index (Phi) is 1.01. The van der Waals surface area contributed by atoms with Gasteiger partial charge in [-0.1, -0.05) is 31.9 Å². The lowest BCUT2D eigenvalue weighted by Crippen LogP contribution is -1.87. The third-order valence-corrected chi connectivity index (χ3v) is 2.44. The van der Waals surface area contributed by atoms with Crippen LogP contribution in [0.15, 0.2) is 0 Å². The Morgan fingerprint density at radius 1 is 1.67 bits per heavy atom. The summed E-state index contributed by atoms with van der Waals surface area (Å²) < 4.78 is -0.222. The first-order valence-electron chi connectivity index (χ1n) is 1.66. The van der Waals surface area contributed by atoms with Crippen LogP contribution in [0.3, 0.4) is 0 Å². The van der Waals surface area contributed by atoms with E-state index in [0.29, 0.717) is 6.42 Å². The largest absolute Gasteiger partial charge is 0.231 e. The zero-order valence-corrected chi connectivity index (χ0v) is 6.12. The Hall–Kier alpha value is 0.920. The van der Waals surface area contributed by atoms with Crippen LogP contribution >= 0.6 is 31.9 Å². The molecule has 0 amide bonds. The maximum absolute atomic E-state index is 10.2.